The number of aryl methyl sites for hydroxylation is 1. The Kier molecular flexibility index (Phi) is 5.23. The summed E-state index contributed by atoms with van der Waals surface area (Å²) < 4.78 is 2.08. The molecule has 0 fully saturated rings. The fraction of sp³-hybridized carbons (Fsp3) is 0.263. The van der Waals surface area contributed by atoms with Crippen LogP contribution in [-0.2, 0) is 11.3 Å². The molecule has 5 nitrogen and oxygen atoms in total. The van der Waals surface area contributed by atoms with Gasteiger partial charge in [0.15, 0.2) is 0 Å². The summed E-state index contributed by atoms with van der Waals surface area (Å²) in [6.45, 7) is 1.37. The Morgan fingerprint density at radius 2 is 1.88 bits per heavy atom. The molecule has 24 heavy (non-hydrogen) atoms. The number of aromatic nitrogens is 2. The molecule has 3 rings (SSSR count). The van der Waals surface area contributed by atoms with Crippen molar-refractivity contribution in [2.24, 2.45) is 0 Å². The lowest BCUT2D eigenvalue weighted by molar-refractivity contribution is -0.123. The van der Waals surface area contributed by atoms with E-state index in [1.165, 1.54) is 0 Å². The van der Waals surface area contributed by atoms with Crippen LogP contribution in [0, 0.1) is 0 Å². The highest BCUT2D eigenvalue weighted by Crippen LogP contribution is 2.15. The van der Waals surface area contributed by atoms with E-state index in [4.69, 9.17) is 0 Å². The van der Waals surface area contributed by atoms with Crippen LogP contribution in [-0.4, -0.2) is 27.1 Å². The molecule has 1 unspecified atom stereocenters. The summed E-state index contributed by atoms with van der Waals surface area (Å²) in [5.74, 6) is -0.137. The largest absolute Gasteiger partial charge is 0.388 e. The highest BCUT2D eigenvalue weighted by atomic mass is 16.3. The quantitative estimate of drug-likeness (QED) is 0.657. The van der Waals surface area contributed by atoms with Gasteiger partial charge in [0, 0.05) is 13.1 Å². The first kappa shape index (κ1) is 16.2. The monoisotopic (exact) mass is 323 g/mol. The van der Waals surface area contributed by atoms with Crippen LogP contribution in [0.3, 0.4) is 0 Å². The highest BCUT2D eigenvalue weighted by molar-refractivity contribution is 5.76. The Labute approximate surface area is 141 Å². The zero-order valence-corrected chi connectivity index (χ0v) is 13.4. The summed E-state index contributed by atoms with van der Waals surface area (Å²) >= 11 is 0. The zero-order valence-electron chi connectivity index (χ0n) is 13.4. The molecular formula is C19H21N3O2. The van der Waals surface area contributed by atoms with Crippen molar-refractivity contribution in [2.45, 2.75) is 25.5 Å². The third-order valence-electron chi connectivity index (χ3n) is 3.99. The van der Waals surface area contributed by atoms with E-state index < -0.39 is 6.10 Å². The number of aliphatic hydroxyl groups is 1. The Bertz CT molecular complexity index is 798. The number of hydrogen-bond donors (Lipinski definition) is 2. The Balaban J connectivity index is 1.42. The van der Waals surface area contributed by atoms with E-state index in [0.29, 0.717) is 6.54 Å². The molecule has 0 saturated heterocycles. The zero-order chi connectivity index (χ0) is 16.8. The van der Waals surface area contributed by atoms with Crippen LogP contribution < -0.4 is 5.32 Å². The van der Waals surface area contributed by atoms with Gasteiger partial charge in [-0.3, -0.25) is 4.79 Å². The third kappa shape index (κ3) is 4.00. The van der Waals surface area contributed by atoms with Gasteiger partial charge in [-0.1, -0.05) is 42.5 Å². The molecule has 124 valence electrons. The van der Waals surface area contributed by atoms with Crippen molar-refractivity contribution in [3.05, 3.63) is 66.5 Å². The molecule has 0 aliphatic carbocycles. The van der Waals surface area contributed by atoms with Gasteiger partial charge in [0.05, 0.1) is 29.9 Å². The number of aliphatic hydroxyl groups excluding tert-OH is 1. The maximum atomic E-state index is 11.9. The number of para-hydroxylation sites is 2. The third-order valence-corrected chi connectivity index (χ3v) is 3.99. The lowest BCUT2D eigenvalue weighted by Gasteiger charge is -2.11. The van der Waals surface area contributed by atoms with Crippen LogP contribution in [0.25, 0.3) is 11.0 Å². The van der Waals surface area contributed by atoms with Gasteiger partial charge >= 0.3 is 0 Å². The fourth-order valence-corrected chi connectivity index (χ4v) is 2.71. The molecule has 1 amide bonds. The van der Waals surface area contributed by atoms with Crippen molar-refractivity contribution < 1.29 is 9.90 Å². The van der Waals surface area contributed by atoms with Gasteiger partial charge in [-0.25, -0.2) is 4.98 Å². The maximum Gasteiger partial charge on any atom is 0.222 e. The molecule has 0 spiro atoms. The fourth-order valence-electron chi connectivity index (χ4n) is 2.71. The van der Waals surface area contributed by atoms with Crippen LogP contribution in [0.5, 0.6) is 0 Å². The molecule has 1 aromatic heterocycles. The van der Waals surface area contributed by atoms with E-state index in [9.17, 15) is 9.90 Å². The SMILES string of the molecule is O=C(CC(O)c1ccccc1)NCCCn1cnc2ccccc21. The van der Waals surface area contributed by atoms with Crippen LogP contribution in [0.4, 0.5) is 0 Å². The van der Waals surface area contributed by atoms with Crippen molar-refractivity contribution in [2.75, 3.05) is 6.54 Å². The summed E-state index contributed by atoms with van der Waals surface area (Å²) in [5, 5.41) is 12.9. The van der Waals surface area contributed by atoms with Crippen molar-refractivity contribution >= 4 is 16.9 Å². The average Bonchev–Trinajstić information content (AvgIpc) is 3.03. The number of benzene rings is 2. The van der Waals surface area contributed by atoms with E-state index in [2.05, 4.69) is 14.9 Å². The molecule has 3 aromatic rings. The van der Waals surface area contributed by atoms with E-state index >= 15 is 0 Å². The first-order valence-electron chi connectivity index (χ1n) is 8.13. The van der Waals surface area contributed by atoms with Crippen molar-refractivity contribution in [1.29, 1.82) is 0 Å². The maximum absolute atomic E-state index is 11.9. The number of amides is 1. The van der Waals surface area contributed by atoms with E-state index in [1.807, 2.05) is 60.9 Å². The second-order valence-corrected chi connectivity index (χ2v) is 5.76. The van der Waals surface area contributed by atoms with E-state index in [0.717, 1.165) is 29.6 Å². The Hall–Kier alpha value is -2.66. The van der Waals surface area contributed by atoms with Crippen LogP contribution in [0.1, 0.15) is 24.5 Å². The minimum absolute atomic E-state index is 0.0814. The van der Waals surface area contributed by atoms with Gasteiger partial charge < -0.3 is 15.0 Å². The van der Waals surface area contributed by atoms with Crippen molar-refractivity contribution in [3.8, 4) is 0 Å². The van der Waals surface area contributed by atoms with Gasteiger partial charge in [0.2, 0.25) is 5.91 Å². The predicted octanol–water partition coefficient (Wildman–Crippen LogP) is 2.67. The van der Waals surface area contributed by atoms with Crippen LogP contribution >= 0.6 is 0 Å². The van der Waals surface area contributed by atoms with Gasteiger partial charge in [-0.15, -0.1) is 0 Å². The normalized spacial score (nSPS) is 12.2. The molecular weight excluding hydrogens is 302 g/mol. The molecule has 0 aliphatic rings. The first-order valence-corrected chi connectivity index (χ1v) is 8.13. The summed E-state index contributed by atoms with van der Waals surface area (Å²) in [6, 6.07) is 17.2. The van der Waals surface area contributed by atoms with E-state index in [-0.39, 0.29) is 12.3 Å². The average molecular weight is 323 g/mol. The molecule has 0 aliphatic heterocycles. The van der Waals surface area contributed by atoms with Gasteiger partial charge in [0.1, 0.15) is 0 Å². The highest BCUT2D eigenvalue weighted by Gasteiger charge is 2.12. The second kappa shape index (κ2) is 7.75. The smallest absolute Gasteiger partial charge is 0.222 e. The number of rotatable bonds is 7. The van der Waals surface area contributed by atoms with Crippen LogP contribution in [0.15, 0.2) is 60.9 Å². The molecule has 0 saturated carbocycles. The number of nitrogens with zero attached hydrogens (tertiary/aromatic N) is 2. The summed E-state index contributed by atoms with van der Waals surface area (Å²) in [4.78, 5) is 16.3. The molecule has 2 N–H and O–H groups in total. The molecule has 5 heteroatoms. The number of carbonyl (C=O) groups excluding carboxylic acids is 1. The summed E-state index contributed by atoms with van der Waals surface area (Å²) in [6.07, 6.45) is 1.96. The molecule has 1 heterocycles. The second-order valence-electron chi connectivity index (χ2n) is 5.76. The molecule has 0 radical (unpaired) electrons. The van der Waals surface area contributed by atoms with Crippen LogP contribution in [0.2, 0.25) is 0 Å². The van der Waals surface area contributed by atoms with Gasteiger partial charge in [-0.2, -0.15) is 0 Å². The topological polar surface area (TPSA) is 67.2 Å². The molecule has 2 aromatic carbocycles. The minimum Gasteiger partial charge on any atom is -0.388 e. The predicted molar refractivity (Wildman–Crippen MR) is 93.4 cm³/mol. The number of hydrogen-bond acceptors (Lipinski definition) is 3. The number of fused-ring (bicyclic) bond motifs is 1. The van der Waals surface area contributed by atoms with Crippen molar-refractivity contribution in [3.63, 3.8) is 0 Å². The molecule has 1 atom stereocenters. The number of imidazole rings is 1. The lowest BCUT2D eigenvalue weighted by atomic mass is 10.1. The molecule has 0 bridgehead atoms. The van der Waals surface area contributed by atoms with Gasteiger partial charge in [-0.05, 0) is 24.1 Å². The lowest BCUT2D eigenvalue weighted by Crippen LogP contribution is -2.26. The standard InChI is InChI=1S/C19H21N3O2/c23-18(15-7-2-1-3-8-15)13-19(24)20-11-6-12-22-14-21-16-9-4-5-10-17(16)22/h1-5,7-10,14,18,23H,6,11-13H2,(H,20,24). The summed E-state index contributed by atoms with van der Waals surface area (Å²) in [5.41, 5.74) is 2.84. The minimum atomic E-state index is -0.760. The first-order chi connectivity index (χ1) is 11.7. The Morgan fingerprint density at radius 3 is 2.71 bits per heavy atom. The number of nitrogens with one attached hydrogen (secondary N) is 1. The summed E-state index contributed by atoms with van der Waals surface area (Å²) in [7, 11) is 0. The van der Waals surface area contributed by atoms with E-state index in [1.54, 1.807) is 0 Å². The van der Waals surface area contributed by atoms with Crippen molar-refractivity contribution in [1.82, 2.24) is 14.9 Å². The Morgan fingerprint density at radius 1 is 1.12 bits per heavy atom. The van der Waals surface area contributed by atoms with Gasteiger partial charge in [0.25, 0.3) is 0 Å². The number of carbonyl (C=O) groups is 1.